The fourth-order valence-electron chi connectivity index (χ4n) is 8.03. The van der Waals surface area contributed by atoms with E-state index < -0.39 is 11.9 Å². The van der Waals surface area contributed by atoms with Gasteiger partial charge < -0.3 is 9.47 Å². The molecule has 0 spiro atoms. The van der Waals surface area contributed by atoms with Crippen molar-refractivity contribution in [3.8, 4) is 11.1 Å². The topological polar surface area (TPSA) is 78.4 Å². The standard InChI is InChI=1S/C40H48N2O4/c1-23(2)27-17-15-25(5)19-35(27)45-39(43)31-21-41-33-13-9-7-11-29(33)37(31)38-30-12-8-10-14-34(30)42-22-32(38)40(44)46-36-20-26(6)16-18-28(36)24(3)4/h7-14,21-28,35-36H,15-20H2,1-6H3/t25-,26-,27+,28+,35-,36-/m1/s1. The van der Waals surface area contributed by atoms with E-state index in [0.29, 0.717) is 57.8 Å². The summed E-state index contributed by atoms with van der Waals surface area (Å²) < 4.78 is 12.8. The Labute approximate surface area is 273 Å². The van der Waals surface area contributed by atoms with Gasteiger partial charge in [0.2, 0.25) is 0 Å². The molecule has 2 saturated carbocycles. The first-order chi connectivity index (χ1) is 22.1. The number of fused-ring (bicyclic) bond motifs is 2. The average Bonchev–Trinajstić information content (AvgIpc) is 3.03. The fourth-order valence-corrected chi connectivity index (χ4v) is 8.03. The molecule has 242 valence electrons. The molecule has 6 rings (SSSR count). The van der Waals surface area contributed by atoms with Crippen LogP contribution in [-0.2, 0) is 9.47 Å². The Morgan fingerprint density at radius 2 is 1.02 bits per heavy atom. The van der Waals surface area contributed by atoms with Crippen LogP contribution in [-0.4, -0.2) is 34.1 Å². The van der Waals surface area contributed by atoms with Gasteiger partial charge in [-0.05, 0) is 73.3 Å². The van der Waals surface area contributed by atoms with E-state index in [4.69, 9.17) is 19.4 Å². The Hall–Kier alpha value is -3.80. The predicted octanol–water partition coefficient (Wildman–Crippen LogP) is 9.69. The van der Waals surface area contributed by atoms with Gasteiger partial charge in [-0.1, -0.05) is 90.8 Å². The molecule has 0 radical (unpaired) electrons. The molecule has 0 aliphatic heterocycles. The van der Waals surface area contributed by atoms with Gasteiger partial charge in [0.25, 0.3) is 0 Å². The highest BCUT2D eigenvalue weighted by Crippen LogP contribution is 2.42. The van der Waals surface area contributed by atoms with Crippen molar-refractivity contribution in [3.63, 3.8) is 0 Å². The average molecular weight is 621 g/mol. The molecule has 0 saturated heterocycles. The van der Waals surface area contributed by atoms with E-state index >= 15 is 0 Å². The fraction of sp³-hybridized carbons (Fsp3) is 0.500. The van der Waals surface area contributed by atoms with Crippen LogP contribution in [0.15, 0.2) is 60.9 Å². The maximum atomic E-state index is 14.3. The third-order valence-electron chi connectivity index (χ3n) is 10.7. The van der Waals surface area contributed by atoms with Crippen LogP contribution in [0.3, 0.4) is 0 Å². The normalized spacial score (nSPS) is 25.2. The van der Waals surface area contributed by atoms with Crippen LogP contribution in [0.4, 0.5) is 0 Å². The molecule has 6 nitrogen and oxygen atoms in total. The van der Waals surface area contributed by atoms with Crippen molar-refractivity contribution in [3.05, 3.63) is 72.1 Å². The van der Waals surface area contributed by atoms with Gasteiger partial charge in [0.1, 0.15) is 12.2 Å². The van der Waals surface area contributed by atoms with Crippen molar-refractivity contribution in [2.45, 2.75) is 92.3 Å². The smallest absolute Gasteiger partial charge is 0.340 e. The molecule has 6 atom stereocenters. The molecule has 2 aliphatic carbocycles. The molecule has 46 heavy (non-hydrogen) atoms. The molecule has 2 aromatic carbocycles. The van der Waals surface area contributed by atoms with E-state index in [1.54, 1.807) is 12.4 Å². The minimum absolute atomic E-state index is 0.171. The van der Waals surface area contributed by atoms with Gasteiger partial charge in [0.05, 0.1) is 22.2 Å². The first kappa shape index (κ1) is 32.2. The zero-order valence-corrected chi connectivity index (χ0v) is 28.2. The van der Waals surface area contributed by atoms with Crippen molar-refractivity contribution in [2.75, 3.05) is 0 Å². The third kappa shape index (κ3) is 6.41. The molecule has 2 aromatic heterocycles. The summed E-state index contributed by atoms with van der Waals surface area (Å²) in [7, 11) is 0. The van der Waals surface area contributed by atoms with Gasteiger partial charge in [-0.15, -0.1) is 0 Å². The Balaban J connectivity index is 1.50. The highest BCUT2D eigenvalue weighted by Gasteiger charge is 2.37. The van der Waals surface area contributed by atoms with Crippen molar-refractivity contribution < 1.29 is 19.1 Å². The van der Waals surface area contributed by atoms with Gasteiger partial charge >= 0.3 is 11.9 Å². The van der Waals surface area contributed by atoms with Crippen LogP contribution in [0.2, 0.25) is 0 Å². The summed E-state index contributed by atoms with van der Waals surface area (Å²) in [6.07, 6.45) is 8.97. The largest absolute Gasteiger partial charge is 0.458 e. The summed E-state index contributed by atoms with van der Waals surface area (Å²) in [6, 6.07) is 15.6. The maximum absolute atomic E-state index is 14.3. The summed E-state index contributed by atoms with van der Waals surface area (Å²) in [4.78, 5) is 38.0. The van der Waals surface area contributed by atoms with E-state index in [0.717, 1.165) is 60.3 Å². The van der Waals surface area contributed by atoms with Crippen molar-refractivity contribution in [1.82, 2.24) is 9.97 Å². The van der Waals surface area contributed by atoms with Crippen molar-refractivity contribution in [1.29, 1.82) is 0 Å². The number of esters is 2. The number of ether oxygens (including phenoxy) is 2. The summed E-state index contributed by atoms with van der Waals surface area (Å²) in [6.45, 7) is 13.3. The van der Waals surface area contributed by atoms with Crippen LogP contribution in [0.1, 0.15) is 101 Å². The lowest BCUT2D eigenvalue weighted by Crippen LogP contribution is -2.36. The molecule has 0 amide bonds. The lowest BCUT2D eigenvalue weighted by molar-refractivity contribution is -0.0183. The number of carbonyl (C=O) groups excluding carboxylic acids is 2. The number of aromatic nitrogens is 2. The molecular weight excluding hydrogens is 572 g/mol. The summed E-state index contributed by atoms with van der Waals surface area (Å²) >= 11 is 0. The number of para-hydroxylation sites is 2. The van der Waals surface area contributed by atoms with Gasteiger partial charge in [-0.25, -0.2) is 9.59 Å². The van der Waals surface area contributed by atoms with Gasteiger partial charge in [0, 0.05) is 34.3 Å². The number of pyridine rings is 2. The van der Waals surface area contributed by atoms with Crippen molar-refractivity contribution >= 4 is 33.7 Å². The molecule has 0 bridgehead atoms. The lowest BCUT2D eigenvalue weighted by Gasteiger charge is -2.37. The monoisotopic (exact) mass is 620 g/mol. The summed E-state index contributed by atoms with van der Waals surface area (Å²) in [5, 5.41) is 1.57. The predicted molar refractivity (Wildman–Crippen MR) is 184 cm³/mol. The second kappa shape index (κ2) is 13.5. The van der Waals surface area contributed by atoms with Crippen LogP contribution >= 0.6 is 0 Å². The molecule has 0 unspecified atom stereocenters. The second-order valence-electron chi connectivity index (χ2n) is 14.7. The molecule has 2 aliphatic rings. The Bertz CT molecular complexity index is 1600. The number of hydrogen-bond acceptors (Lipinski definition) is 6. The first-order valence-corrected chi connectivity index (χ1v) is 17.3. The lowest BCUT2D eigenvalue weighted by atomic mass is 9.75. The number of hydrogen-bond donors (Lipinski definition) is 0. The Morgan fingerprint density at radius 1 is 0.630 bits per heavy atom. The molecular formula is C40H48N2O4. The SMILES string of the molecule is CC(C)[C@@H]1CC[C@@H](C)C[C@H]1OC(=O)c1cnc2ccccc2c1-c1c(C(=O)O[C@@H]2C[C@H](C)CC[C@H]2C(C)C)cnc2ccccc12. The maximum Gasteiger partial charge on any atom is 0.340 e. The zero-order chi connectivity index (χ0) is 32.5. The highest BCUT2D eigenvalue weighted by atomic mass is 16.5. The quantitative estimate of drug-likeness (QED) is 0.191. The van der Waals surface area contributed by atoms with E-state index in [2.05, 4.69) is 41.5 Å². The Kier molecular flexibility index (Phi) is 9.44. The third-order valence-corrected chi connectivity index (χ3v) is 10.7. The minimum Gasteiger partial charge on any atom is -0.458 e. The molecule has 2 fully saturated rings. The van der Waals surface area contributed by atoms with Crippen LogP contribution in [0.25, 0.3) is 32.9 Å². The van der Waals surface area contributed by atoms with E-state index in [9.17, 15) is 9.59 Å². The van der Waals surface area contributed by atoms with E-state index in [-0.39, 0.29) is 12.2 Å². The first-order valence-electron chi connectivity index (χ1n) is 17.3. The number of carbonyl (C=O) groups is 2. The van der Waals surface area contributed by atoms with E-state index in [1.807, 2.05) is 48.5 Å². The summed E-state index contributed by atoms with van der Waals surface area (Å²) in [5.74, 6) is 1.59. The zero-order valence-electron chi connectivity index (χ0n) is 28.2. The van der Waals surface area contributed by atoms with Crippen LogP contribution in [0.5, 0.6) is 0 Å². The molecule has 0 N–H and O–H groups in total. The van der Waals surface area contributed by atoms with Crippen LogP contribution in [0, 0.1) is 35.5 Å². The minimum atomic E-state index is -0.404. The van der Waals surface area contributed by atoms with Crippen molar-refractivity contribution in [2.24, 2.45) is 35.5 Å². The van der Waals surface area contributed by atoms with Gasteiger partial charge in [-0.2, -0.15) is 0 Å². The van der Waals surface area contributed by atoms with E-state index in [1.165, 1.54) is 0 Å². The number of rotatable bonds is 7. The second-order valence-corrected chi connectivity index (χ2v) is 14.7. The Morgan fingerprint density at radius 3 is 1.41 bits per heavy atom. The van der Waals surface area contributed by atoms with Gasteiger partial charge in [-0.3, -0.25) is 9.97 Å². The number of benzene rings is 2. The summed E-state index contributed by atoms with van der Waals surface area (Å²) in [5.41, 5.74) is 3.47. The molecule has 2 heterocycles. The highest BCUT2D eigenvalue weighted by molar-refractivity contribution is 6.16. The molecule has 4 aromatic rings. The van der Waals surface area contributed by atoms with Crippen LogP contribution < -0.4 is 0 Å². The molecule has 6 heteroatoms. The van der Waals surface area contributed by atoms with Gasteiger partial charge in [0.15, 0.2) is 0 Å². The number of nitrogens with zero attached hydrogens (tertiary/aromatic N) is 2.